The van der Waals surface area contributed by atoms with Crippen molar-refractivity contribution in [3.63, 3.8) is 0 Å². The Morgan fingerprint density at radius 2 is 1.60 bits per heavy atom. The van der Waals surface area contributed by atoms with E-state index >= 15 is 0 Å². The van der Waals surface area contributed by atoms with Crippen LogP contribution in [0.3, 0.4) is 0 Å². The van der Waals surface area contributed by atoms with Crippen molar-refractivity contribution in [3.05, 3.63) is 66.2 Å². The molecule has 1 unspecified atom stereocenters. The Morgan fingerprint density at radius 1 is 1.04 bits per heavy atom. The van der Waals surface area contributed by atoms with Gasteiger partial charge >= 0.3 is 5.91 Å². The summed E-state index contributed by atoms with van der Waals surface area (Å²) in [4.78, 5) is 24.2. The second-order valence-electron chi connectivity index (χ2n) is 6.28. The number of aliphatic hydroxyl groups is 1. The zero-order chi connectivity index (χ0) is 18.3. The predicted octanol–water partition coefficient (Wildman–Crippen LogP) is 1.42. The van der Waals surface area contributed by atoms with Crippen LogP contribution in [0.1, 0.15) is 10.4 Å². The number of likely N-dealkylation sites (N-methyl/N-ethyl adjacent to an activating group) is 1. The zero-order valence-corrected chi connectivity index (χ0v) is 14.4. The Labute approximate surface area is 147 Å². The number of ether oxygens (including phenoxy) is 1. The van der Waals surface area contributed by atoms with Gasteiger partial charge in [0.15, 0.2) is 0 Å². The molecule has 132 valence electrons. The third-order valence-electron chi connectivity index (χ3n) is 3.50. The predicted molar refractivity (Wildman–Crippen MR) is 93.8 cm³/mol. The van der Waals surface area contributed by atoms with Crippen molar-refractivity contribution in [2.75, 3.05) is 27.2 Å². The van der Waals surface area contributed by atoms with Crippen LogP contribution < -0.4 is 10.2 Å². The van der Waals surface area contributed by atoms with Crippen molar-refractivity contribution in [1.82, 2.24) is 5.43 Å². The summed E-state index contributed by atoms with van der Waals surface area (Å²) >= 11 is 0. The van der Waals surface area contributed by atoms with E-state index in [4.69, 9.17) is 4.74 Å². The number of aliphatic hydroxyl groups excluding tert-OH is 1. The molecule has 2 rings (SSSR count). The van der Waals surface area contributed by atoms with Crippen molar-refractivity contribution < 1.29 is 24.0 Å². The van der Waals surface area contributed by atoms with Gasteiger partial charge in [-0.15, -0.1) is 0 Å². The summed E-state index contributed by atoms with van der Waals surface area (Å²) in [5, 5.41) is 10.1. The van der Waals surface area contributed by atoms with Gasteiger partial charge in [0.05, 0.1) is 14.1 Å². The first kappa shape index (κ1) is 18.6. The highest BCUT2D eigenvalue weighted by molar-refractivity contribution is 6.42. The molecule has 1 amide bonds. The van der Waals surface area contributed by atoms with E-state index in [9.17, 15) is 14.7 Å². The second kappa shape index (κ2) is 8.41. The maximum atomic E-state index is 12.1. The van der Waals surface area contributed by atoms with Crippen molar-refractivity contribution in [1.29, 1.82) is 0 Å². The number of quaternary nitrogens is 1. The van der Waals surface area contributed by atoms with Crippen molar-refractivity contribution in [2.45, 2.75) is 6.10 Å². The van der Waals surface area contributed by atoms with Gasteiger partial charge in [0.2, 0.25) is 0 Å². The van der Waals surface area contributed by atoms with Crippen LogP contribution in [-0.4, -0.2) is 54.7 Å². The maximum absolute atomic E-state index is 12.1. The standard InChI is InChI=1S/C19H22N2O4/c1-21(2,13-16(22)14-25-17-11-7-4-8-12-17)20-19(24)18(23)15-9-5-3-6-10-15/h3-12,16,22H,13-14H2,1-2H3/p+1. The number of Topliss-reactive ketones (excluding diaryl/α,β-unsaturated/α-hetero) is 1. The lowest BCUT2D eigenvalue weighted by Crippen LogP contribution is -2.59. The third kappa shape index (κ3) is 6.02. The molecule has 0 aliphatic heterocycles. The van der Waals surface area contributed by atoms with Gasteiger partial charge in [-0.1, -0.05) is 48.5 Å². The van der Waals surface area contributed by atoms with E-state index in [0.29, 0.717) is 11.3 Å². The van der Waals surface area contributed by atoms with Gasteiger partial charge in [0, 0.05) is 5.56 Å². The number of hydrogen-bond acceptors (Lipinski definition) is 4. The number of nitrogens with one attached hydrogen (secondary N) is 1. The molecule has 6 heteroatoms. The molecule has 0 aromatic heterocycles. The van der Waals surface area contributed by atoms with Crippen molar-refractivity contribution >= 4 is 11.7 Å². The summed E-state index contributed by atoms with van der Waals surface area (Å²) in [7, 11) is 3.39. The second-order valence-corrected chi connectivity index (χ2v) is 6.28. The minimum Gasteiger partial charge on any atom is -0.491 e. The first-order valence-corrected chi connectivity index (χ1v) is 7.98. The van der Waals surface area contributed by atoms with Crippen LogP contribution in [0.2, 0.25) is 0 Å². The topological polar surface area (TPSA) is 75.6 Å². The lowest BCUT2D eigenvalue weighted by atomic mass is 10.1. The van der Waals surface area contributed by atoms with Crippen LogP contribution in [0.15, 0.2) is 60.7 Å². The highest BCUT2D eigenvalue weighted by Crippen LogP contribution is 2.09. The van der Waals surface area contributed by atoms with Crippen LogP contribution in [0.5, 0.6) is 5.75 Å². The molecule has 0 aliphatic carbocycles. The van der Waals surface area contributed by atoms with E-state index in [0.717, 1.165) is 0 Å². The SMILES string of the molecule is C[N+](C)(CC(O)COc1ccccc1)NC(=O)C(=O)c1ccccc1. The summed E-state index contributed by atoms with van der Waals surface area (Å²) in [5.41, 5.74) is 2.94. The summed E-state index contributed by atoms with van der Waals surface area (Å²) in [6, 6.07) is 17.5. The number of amides is 1. The fraction of sp³-hybridized carbons (Fsp3) is 0.263. The minimum atomic E-state index is -0.803. The van der Waals surface area contributed by atoms with Gasteiger partial charge in [-0.05, 0) is 12.1 Å². The van der Waals surface area contributed by atoms with Crippen LogP contribution in [0.4, 0.5) is 0 Å². The Morgan fingerprint density at radius 3 is 2.20 bits per heavy atom. The fourth-order valence-corrected chi connectivity index (χ4v) is 2.38. The molecule has 1 atom stereocenters. The average Bonchev–Trinajstić information content (AvgIpc) is 2.60. The molecule has 0 saturated heterocycles. The Kier molecular flexibility index (Phi) is 6.27. The first-order valence-electron chi connectivity index (χ1n) is 7.98. The van der Waals surface area contributed by atoms with Crippen LogP contribution in [0.25, 0.3) is 0 Å². The van der Waals surface area contributed by atoms with Gasteiger partial charge in [-0.3, -0.25) is 9.59 Å². The Hall–Kier alpha value is -2.70. The van der Waals surface area contributed by atoms with E-state index < -0.39 is 17.8 Å². The summed E-state index contributed by atoms with van der Waals surface area (Å²) in [6.07, 6.45) is -0.803. The molecule has 0 aliphatic rings. The normalized spacial score (nSPS) is 12.3. The maximum Gasteiger partial charge on any atom is 0.336 e. The number of ketones is 1. The molecule has 0 fully saturated rings. The molecule has 25 heavy (non-hydrogen) atoms. The van der Waals surface area contributed by atoms with E-state index in [-0.39, 0.29) is 17.7 Å². The third-order valence-corrected chi connectivity index (χ3v) is 3.50. The highest BCUT2D eigenvalue weighted by Gasteiger charge is 2.27. The van der Waals surface area contributed by atoms with Crippen LogP contribution in [-0.2, 0) is 4.79 Å². The Bertz CT molecular complexity index is 702. The van der Waals surface area contributed by atoms with E-state index in [1.807, 2.05) is 18.2 Å². The number of nitrogens with zero attached hydrogens (tertiary/aromatic N) is 1. The molecule has 2 N–H and O–H groups in total. The smallest absolute Gasteiger partial charge is 0.336 e. The molecule has 2 aromatic carbocycles. The zero-order valence-electron chi connectivity index (χ0n) is 14.4. The molecular formula is C19H23N2O4+. The molecule has 2 aromatic rings. The van der Waals surface area contributed by atoms with E-state index in [1.54, 1.807) is 56.6 Å². The number of rotatable bonds is 8. The van der Waals surface area contributed by atoms with Gasteiger partial charge in [0.1, 0.15) is 25.0 Å². The van der Waals surface area contributed by atoms with Crippen molar-refractivity contribution in [2.24, 2.45) is 0 Å². The molecule has 0 spiro atoms. The highest BCUT2D eigenvalue weighted by atomic mass is 16.5. The number of benzene rings is 2. The first-order chi connectivity index (χ1) is 11.9. The van der Waals surface area contributed by atoms with Gasteiger partial charge in [-0.25, -0.2) is 4.59 Å². The largest absolute Gasteiger partial charge is 0.491 e. The van der Waals surface area contributed by atoms with E-state index in [2.05, 4.69) is 5.43 Å². The number of para-hydroxylation sites is 1. The molecule has 0 radical (unpaired) electrons. The molecule has 0 bridgehead atoms. The van der Waals surface area contributed by atoms with Crippen LogP contribution in [0, 0.1) is 0 Å². The summed E-state index contributed by atoms with van der Waals surface area (Å²) in [6.45, 7) is 0.287. The van der Waals surface area contributed by atoms with Gasteiger partial charge in [-0.2, -0.15) is 5.43 Å². The summed E-state index contributed by atoms with van der Waals surface area (Å²) in [5.74, 6) is -0.663. The van der Waals surface area contributed by atoms with Crippen LogP contribution >= 0.6 is 0 Å². The lowest BCUT2D eigenvalue weighted by molar-refractivity contribution is -0.927. The molecule has 0 heterocycles. The molecule has 6 nitrogen and oxygen atoms in total. The van der Waals surface area contributed by atoms with Gasteiger partial charge < -0.3 is 9.84 Å². The van der Waals surface area contributed by atoms with Crippen molar-refractivity contribution in [3.8, 4) is 5.75 Å². The molecular weight excluding hydrogens is 320 g/mol. The number of carbonyl (C=O) groups is 2. The quantitative estimate of drug-likeness (QED) is 0.329. The lowest BCUT2D eigenvalue weighted by Gasteiger charge is -2.30. The molecule has 0 saturated carbocycles. The fourth-order valence-electron chi connectivity index (χ4n) is 2.38. The minimum absolute atomic E-state index is 0.0449. The Balaban J connectivity index is 1.85. The number of hydrogen-bond donors (Lipinski definition) is 2. The van der Waals surface area contributed by atoms with E-state index in [1.165, 1.54) is 0 Å². The van der Waals surface area contributed by atoms with Gasteiger partial charge in [0.25, 0.3) is 5.78 Å². The monoisotopic (exact) mass is 343 g/mol. The average molecular weight is 343 g/mol. The number of carbonyl (C=O) groups excluding carboxylic acids is 2. The summed E-state index contributed by atoms with van der Waals surface area (Å²) < 4.78 is 5.45.